The van der Waals surface area contributed by atoms with Crippen molar-refractivity contribution in [2.45, 2.75) is 13.8 Å². The number of fused-ring (bicyclic) bond motifs is 11. The van der Waals surface area contributed by atoms with Crippen molar-refractivity contribution in [3.63, 3.8) is 0 Å². The van der Waals surface area contributed by atoms with Crippen molar-refractivity contribution in [1.82, 2.24) is 9.55 Å². The fourth-order valence-electron chi connectivity index (χ4n) is 5.53. The Bertz CT molecular complexity index is 2020. The van der Waals surface area contributed by atoms with Crippen LogP contribution in [-0.4, -0.2) is 9.55 Å². The molecule has 5 aromatic carbocycles. The zero-order valence-corrected chi connectivity index (χ0v) is 19.7. The predicted molar refractivity (Wildman–Crippen MR) is 149 cm³/mol. The number of nitrogens with one attached hydrogen (secondary N) is 1. The van der Waals surface area contributed by atoms with Gasteiger partial charge in [0.1, 0.15) is 11.2 Å². The van der Waals surface area contributed by atoms with Crippen LogP contribution in [-0.2, 0) is 0 Å². The third kappa shape index (κ3) is 2.66. The summed E-state index contributed by atoms with van der Waals surface area (Å²) in [6, 6.07) is 36.3. The summed E-state index contributed by atoms with van der Waals surface area (Å²) in [4.78, 5) is 3.72. The molecule has 0 atom stereocenters. The number of benzene rings is 5. The van der Waals surface area contributed by atoms with Crippen LogP contribution in [0.15, 0.2) is 108 Å². The summed E-state index contributed by atoms with van der Waals surface area (Å²) >= 11 is 0. The summed E-state index contributed by atoms with van der Waals surface area (Å²) in [5.41, 5.74) is 7.64. The van der Waals surface area contributed by atoms with Gasteiger partial charge in [-0.05, 0) is 36.4 Å². The van der Waals surface area contributed by atoms with Gasteiger partial charge in [0.2, 0.25) is 0 Å². The lowest BCUT2D eigenvalue weighted by molar-refractivity contribution is 0.673. The average Bonchev–Trinajstić information content (AvgIpc) is 3.59. The first-order valence-corrected chi connectivity index (χ1v) is 12.2. The smallest absolute Gasteiger partial charge is 0.145 e. The van der Waals surface area contributed by atoms with E-state index in [1.807, 2.05) is 26.0 Å². The highest BCUT2D eigenvalue weighted by Gasteiger charge is 2.21. The van der Waals surface area contributed by atoms with Gasteiger partial charge in [-0.25, -0.2) is 0 Å². The molecule has 3 heteroatoms. The minimum Gasteiger partial charge on any atom is -0.455 e. The molecule has 8 rings (SSSR count). The Balaban J connectivity index is 0.00000103. The molecule has 0 aliphatic rings. The molecule has 35 heavy (non-hydrogen) atoms. The van der Waals surface area contributed by atoms with E-state index in [1.165, 1.54) is 21.7 Å². The standard InChI is InChI=1S/C30H18N2O.C2H6/c1-2-8-18(9-3-1)32-25-17-16-22-20-11-5-7-13-26(20)33-30(22)27(25)23-15-14-21-19-10-4-6-12-24(19)31-28(21)29(23)32;1-2/h1-17,31H;1-2H3. The van der Waals surface area contributed by atoms with E-state index in [2.05, 4.69) is 101 Å². The molecule has 0 amide bonds. The zero-order chi connectivity index (χ0) is 23.5. The van der Waals surface area contributed by atoms with E-state index in [0.29, 0.717) is 0 Å². The van der Waals surface area contributed by atoms with Crippen LogP contribution in [0.4, 0.5) is 0 Å². The highest BCUT2D eigenvalue weighted by molar-refractivity contribution is 6.28. The van der Waals surface area contributed by atoms with E-state index in [-0.39, 0.29) is 0 Å². The van der Waals surface area contributed by atoms with Gasteiger partial charge >= 0.3 is 0 Å². The van der Waals surface area contributed by atoms with Crippen LogP contribution < -0.4 is 0 Å². The van der Waals surface area contributed by atoms with Gasteiger partial charge in [0, 0.05) is 38.1 Å². The number of hydrogen-bond donors (Lipinski definition) is 1. The second-order valence-electron chi connectivity index (χ2n) is 8.66. The molecule has 3 nitrogen and oxygen atoms in total. The van der Waals surface area contributed by atoms with Crippen molar-refractivity contribution in [3.8, 4) is 5.69 Å². The van der Waals surface area contributed by atoms with Gasteiger partial charge in [-0.15, -0.1) is 0 Å². The quantitative estimate of drug-likeness (QED) is 0.264. The topological polar surface area (TPSA) is 33.9 Å². The van der Waals surface area contributed by atoms with Crippen LogP contribution >= 0.6 is 0 Å². The monoisotopic (exact) mass is 452 g/mol. The predicted octanol–water partition coefficient (Wildman–Crippen LogP) is 9.34. The highest BCUT2D eigenvalue weighted by Crippen LogP contribution is 2.43. The van der Waals surface area contributed by atoms with Crippen LogP contribution in [0.25, 0.3) is 71.2 Å². The molecule has 3 heterocycles. The molecule has 8 aromatic rings. The summed E-state index contributed by atoms with van der Waals surface area (Å²) in [7, 11) is 0. The first-order valence-electron chi connectivity index (χ1n) is 12.2. The molecule has 0 bridgehead atoms. The molecule has 3 aromatic heterocycles. The van der Waals surface area contributed by atoms with E-state index in [1.54, 1.807) is 0 Å². The first-order chi connectivity index (χ1) is 17.4. The Labute approximate surface area is 202 Å². The van der Waals surface area contributed by atoms with Crippen LogP contribution in [0.5, 0.6) is 0 Å². The normalized spacial score (nSPS) is 11.7. The average molecular weight is 453 g/mol. The zero-order valence-electron chi connectivity index (χ0n) is 19.7. The van der Waals surface area contributed by atoms with Gasteiger partial charge < -0.3 is 14.0 Å². The Kier molecular flexibility index (Phi) is 4.27. The second kappa shape index (κ2) is 7.51. The lowest BCUT2D eigenvalue weighted by atomic mass is 10.1. The van der Waals surface area contributed by atoms with Crippen LogP contribution in [0, 0.1) is 0 Å². The number of aromatic nitrogens is 2. The fraction of sp³-hybridized carbons (Fsp3) is 0.0625. The van der Waals surface area contributed by atoms with Crippen LogP contribution in [0.3, 0.4) is 0 Å². The molecule has 0 radical (unpaired) electrons. The van der Waals surface area contributed by atoms with Crippen molar-refractivity contribution < 1.29 is 4.42 Å². The summed E-state index contributed by atoms with van der Waals surface area (Å²) in [6.07, 6.45) is 0. The summed E-state index contributed by atoms with van der Waals surface area (Å²) in [5.74, 6) is 0. The highest BCUT2D eigenvalue weighted by atomic mass is 16.3. The molecule has 0 unspecified atom stereocenters. The Morgan fingerprint density at radius 2 is 1.29 bits per heavy atom. The van der Waals surface area contributed by atoms with E-state index < -0.39 is 0 Å². The fourth-order valence-corrected chi connectivity index (χ4v) is 5.53. The van der Waals surface area contributed by atoms with Crippen molar-refractivity contribution in [2.24, 2.45) is 0 Å². The molecular formula is C32H24N2O. The van der Waals surface area contributed by atoms with Gasteiger partial charge in [0.15, 0.2) is 0 Å². The molecule has 0 saturated carbocycles. The number of nitrogens with zero attached hydrogens (tertiary/aromatic N) is 1. The Morgan fingerprint density at radius 1 is 0.600 bits per heavy atom. The lowest BCUT2D eigenvalue weighted by Crippen LogP contribution is -1.93. The molecule has 0 aliphatic carbocycles. The summed E-state index contributed by atoms with van der Waals surface area (Å²) in [5, 5.41) is 7.14. The molecule has 0 saturated heterocycles. The maximum Gasteiger partial charge on any atom is 0.145 e. The SMILES string of the molecule is CC.c1ccc(-n2c3ccc4c5ccccc5oc4c3c3ccc4c5ccccc5[nH]c4c32)cc1. The third-order valence-corrected chi connectivity index (χ3v) is 6.93. The number of para-hydroxylation sites is 3. The largest absolute Gasteiger partial charge is 0.455 e. The molecule has 1 N–H and O–H groups in total. The van der Waals surface area contributed by atoms with Crippen molar-refractivity contribution in [1.29, 1.82) is 0 Å². The number of H-pyrrole nitrogens is 1. The Hall–Kier alpha value is -4.50. The molecule has 0 aliphatic heterocycles. The molecule has 168 valence electrons. The van der Waals surface area contributed by atoms with Crippen molar-refractivity contribution >= 4 is 65.6 Å². The third-order valence-electron chi connectivity index (χ3n) is 6.93. The number of hydrogen-bond acceptors (Lipinski definition) is 1. The molecule has 0 spiro atoms. The maximum atomic E-state index is 6.47. The second-order valence-corrected chi connectivity index (χ2v) is 8.66. The van der Waals surface area contributed by atoms with Crippen molar-refractivity contribution in [2.75, 3.05) is 0 Å². The van der Waals surface area contributed by atoms with Gasteiger partial charge in [0.05, 0.1) is 21.9 Å². The van der Waals surface area contributed by atoms with E-state index in [0.717, 1.165) is 49.6 Å². The molecular weight excluding hydrogens is 428 g/mol. The van der Waals surface area contributed by atoms with E-state index in [9.17, 15) is 0 Å². The van der Waals surface area contributed by atoms with Gasteiger partial charge in [0.25, 0.3) is 0 Å². The van der Waals surface area contributed by atoms with E-state index in [4.69, 9.17) is 4.42 Å². The number of furan rings is 1. The number of aromatic amines is 1. The van der Waals surface area contributed by atoms with Crippen molar-refractivity contribution in [3.05, 3.63) is 103 Å². The summed E-state index contributed by atoms with van der Waals surface area (Å²) < 4.78 is 8.84. The van der Waals surface area contributed by atoms with Gasteiger partial charge in [-0.3, -0.25) is 0 Å². The summed E-state index contributed by atoms with van der Waals surface area (Å²) in [6.45, 7) is 4.00. The molecule has 0 fully saturated rings. The Morgan fingerprint density at radius 3 is 2.14 bits per heavy atom. The van der Waals surface area contributed by atoms with Gasteiger partial charge in [-0.1, -0.05) is 80.6 Å². The number of rotatable bonds is 1. The van der Waals surface area contributed by atoms with Gasteiger partial charge in [-0.2, -0.15) is 0 Å². The first kappa shape index (κ1) is 19.9. The maximum absolute atomic E-state index is 6.47. The van der Waals surface area contributed by atoms with Crippen LogP contribution in [0.1, 0.15) is 13.8 Å². The minimum absolute atomic E-state index is 0.923. The lowest BCUT2D eigenvalue weighted by Gasteiger charge is -2.08. The van der Waals surface area contributed by atoms with Crippen LogP contribution in [0.2, 0.25) is 0 Å². The minimum atomic E-state index is 0.923. The van der Waals surface area contributed by atoms with E-state index >= 15 is 0 Å².